The van der Waals surface area contributed by atoms with E-state index in [2.05, 4.69) is 6.07 Å². The molecule has 3 rings (SSSR count). The van der Waals surface area contributed by atoms with Gasteiger partial charge in [0.15, 0.2) is 5.75 Å². The van der Waals surface area contributed by atoms with E-state index in [4.69, 9.17) is 4.74 Å². The molecule has 0 aliphatic heterocycles. The van der Waals surface area contributed by atoms with E-state index >= 15 is 0 Å². The van der Waals surface area contributed by atoms with E-state index in [1.165, 1.54) is 6.07 Å². The molecular formula is C20H14N2O3. The summed E-state index contributed by atoms with van der Waals surface area (Å²) in [6.07, 6.45) is 0. The minimum absolute atomic E-state index is 0.0536. The fourth-order valence-electron chi connectivity index (χ4n) is 2.50. The number of nitriles is 1. The van der Waals surface area contributed by atoms with Crippen molar-refractivity contribution < 1.29 is 9.66 Å². The van der Waals surface area contributed by atoms with Crippen molar-refractivity contribution in [3.8, 4) is 22.9 Å². The molecule has 25 heavy (non-hydrogen) atoms. The molecule has 0 bridgehead atoms. The molecule has 5 heteroatoms. The van der Waals surface area contributed by atoms with Crippen LogP contribution in [0.3, 0.4) is 0 Å². The van der Waals surface area contributed by atoms with Gasteiger partial charge in [-0.25, -0.2) is 0 Å². The lowest BCUT2D eigenvalue weighted by molar-refractivity contribution is -0.385. The zero-order valence-corrected chi connectivity index (χ0v) is 13.3. The van der Waals surface area contributed by atoms with Gasteiger partial charge < -0.3 is 4.74 Å². The topological polar surface area (TPSA) is 76.2 Å². The highest BCUT2D eigenvalue weighted by Crippen LogP contribution is 2.27. The Morgan fingerprint density at radius 2 is 1.64 bits per heavy atom. The lowest BCUT2D eigenvalue weighted by Crippen LogP contribution is -1.99. The molecule has 0 aliphatic carbocycles. The van der Waals surface area contributed by atoms with Gasteiger partial charge in [-0.05, 0) is 28.8 Å². The molecule has 0 radical (unpaired) electrons. The Morgan fingerprint density at radius 3 is 2.36 bits per heavy atom. The van der Waals surface area contributed by atoms with Crippen molar-refractivity contribution in [3.63, 3.8) is 0 Å². The van der Waals surface area contributed by atoms with Crippen LogP contribution in [0.5, 0.6) is 5.75 Å². The molecule has 0 saturated carbocycles. The van der Waals surface area contributed by atoms with E-state index in [1.807, 2.05) is 42.5 Å². The van der Waals surface area contributed by atoms with E-state index in [0.29, 0.717) is 5.56 Å². The van der Waals surface area contributed by atoms with Crippen LogP contribution >= 0.6 is 0 Å². The van der Waals surface area contributed by atoms with Gasteiger partial charge in [-0.3, -0.25) is 10.1 Å². The molecule has 0 spiro atoms. The summed E-state index contributed by atoms with van der Waals surface area (Å²) in [5.74, 6) is 0.242. The summed E-state index contributed by atoms with van der Waals surface area (Å²) in [7, 11) is 0. The van der Waals surface area contributed by atoms with Gasteiger partial charge in [0.1, 0.15) is 6.61 Å². The minimum Gasteiger partial charge on any atom is -0.482 e. The largest absolute Gasteiger partial charge is 0.482 e. The van der Waals surface area contributed by atoms with Crippen LogP contribution in [-0.4, -0.2) is 4.92 Å². The Labute approximate surface area is 144 Å². The first-order valence-electron chi connectivity index (χ1n) is 7.63. The number of nitrogens with zero attached hydrogens (tertiary/aromatic N) is 2. The zero-order valence-electron chi connectivity index (χ0n) is 13.3. The van der Waals surface area contributed by atoms with E-state index in [-0.39, 0.29) is 18.0 Å². The monoisotopic (exact) mass is 330 g/mol. The van der Waals surface area contributed by atoms with Gasteiger partial charge in [-0.1, -0.05) is 54.6 Å². The maximum absolute atomic E-state index is 11.0. The molecule has 3 aromatic rings. The van der Waals surface area contributed by atoms with Crippen molar-refractivity contribution in [1.82, 2.24) is 0 Å². The number of hydrogen-bond donors (Lipinski definition) is 0. The average Bonchev–Trinajstić information content (AvgIpc) is 2.67. The van der Waals surface area contributed by atoms with Crippen LogP contribution in [0.15, 0.2) is 72.8 Å². The fraction of sp³-hybridized carbons (Fsp3) is 0.0500. The quantitative estimate of drug-likeness (QED) is 0.501. The number of ether oxygens (including phenoxy) is 1. The van der Waals surface area contributed by atoms with E-state index in [9.17, 15) is 15.4 Å². The Balaban J connectivity index is 1.76. The van der Waals surface area contributed by atoms with Crippen LogP contribution in [0.4, 0.5) is 5.69 Å². The van der Waals surface area contributed by atoms with Crippen molar-refractivity contribution in [2.75, 3.05) is 0 Å². The second-order valence-electron chi connectivity index (χ2n) is 5.37. The molecule has 0 heterocycles. The molecule has 0 N–H and O–H groups in total. The zero-order chi connectivity index (χ0) is 17.6. The van der Waals surface area contributed by atoms with Gasteiger partial charge in [0.05, 0.1) is 16.6 Å². The summed E-state index contributed by atoms with van der Waals surface area (Å²) in [6.45, 7) is 0.227. The van der Waals surface area contributed by atoms with Crippen LogP contribution in [0, 0.1) is 21.4 Å². The number of nitro groups is 1. The second-order valence-corrected chi connectivity index (χ2v) is 5.37. The molecule has 0 fully saturated rings. The third-order valence-electron chi connectivity index (χ3n) is 3.77. The molecule has 3 aromatic carbocycles. The third-order valence-corrected chi connectivity index (χ3v) is 3.77. The number of rotatable bonds is 5. The highest BCUT2D eigenvalue weighted by atomic mass is 16.6. The number of benzene rings is 3. The first-order valence-corrected chi connectivity index (χ1v) is 7.63. The van der Waals surface area contributed by atoms with E-state index in [0.717, 1.165) is 16.7 Å². The van der Waals surface area contributed by atoms with Crippen LogP contribution in [0.1, 0.15) is 11.1 Å². The molecule has 0 atom stereocenters. The summed E-state index contributed by atoms with van der Waals surface area (Å²) in [6, 6.07) is 23.5. The van der Waals surface area contributed by atoms with Gasteiger partial charge in [-0.2, -0.15) is 5.26 Å². The van der Waals surface area contributed by atoms with Crippen molar-refractivity contribution in [2.24, 2.45) is 0 Å². The normalized spacial score (nSPS) is 10.0. The SMILES string of the molecule is N#Cc1ccccc1-c1ccc(COc2ccccc2[N+](=O)[O-])cc1. The summed E-state index contributed by atoms with van der Waals surface area (Å²) in [5, 5.41) is 20.2. The third kappa shape index (κ3) is 3.65. The van der Waals surface area contributed by atoms with Crippen LogP contribution in [-0.2, 0) is 6.61 Å². The first-order chi connectivity index (χ1) is 12.2. The Hall–Kier alpha value is -3.65. The second kappa shape index (κ2) is 7.28. The van der Waals surface area contributed by atoms with E-state index < -0.39 is 4.92 Å². The molecule has 0 saturated heterocycles. The van der Waals surface area contributed by atoms with Crippen LogP contribution in [0.2, 0.25) is 0 Å². The summed E-state index contributed by atoms with van der Waals surface area (Å²) in [5.41, 5.74) is 3.26. The van der Waals surface area contributed by atoms with Crippen LogP contribution < -0.4 is 4.74 Å². The van der Waals surface area contributed by atoms with E-state index in [1.54, 1.807) is 24.3 Å². The highest BCUT2D eigenvalue weighted by molar-refractivity contribution is 5.70. The van der Waals surface area contributed by atoms with Crippen molar-refractivity contribution in [3.05, 3.63) is 94.0 Å². The van der Waals surface area contributed by atoms with Gasteiger partial charge in [0, 0.05) is 6.07 Å². The first kappa shape index (κ1) is 16.2. The minimum atomic E-state index is -0.461. The maximum Gasteiger partial charge on any atom is 0.310 e. The van der Waals surface area contributed by atoms with Crippen molar-refractivity contribution in [1.29, 1.82) is 5.26 Å². The standard InChI is InChI=1S/C20H14N2O3/c21-13-17-5-1-2-6-18(17)16-11-9-15(10-12-16)14-25-20-8-4-3-7-19(20)22(23)24/h1-12H,14H2. The van der Waals surface area contributed by atoms with Crippen molar-refractivity contribution >= 4 is 5.69 Å². The van der Waals surface area contributed by atoms with Gasteiger partial charge in [-0.15, -0.1) is 0 Å². The molecule has 122 valence electrons. The number of para-hydroxylation sites is 2. The molecule has 5 nitrogen and oxygen atoms in total. The summed E-state index contributed by atoms with van der Waals surface area (Å²) >= 11 is 0. The van der Waals surface area contributed by atoms with Gasteiger partial charge in [0.25, 0.3) is 0 Å². The smallest absolute Gasteiger partial charge is 0.310 e. The predicted molar refractivity (Wildman–Crippen MR) is 94.0 cm³/mol. The van der Waals surface area contributed by atoms with Gasteiger partial charge in [0.2, 0.25) is 0 Å². The maximum atomic E-state index is 11.0. The lowest BCUT2D eigenvalue weighted by atomic mass is 9.99. The van der Waals surface area contributed by atoms with Crippen molar-refractivity contribution in [2.45, 2.75) is 6.61 Å². The predicted octanol–water partition coefficient (Wildman–Crippen LogP) is 4.71. The Morgan fingerprint density at radius 1 is 0.960 bits per heavy atom. The molecule has 0 amide bonds. The summed E-state index contributed by atoms with van der Waals surface area (Å²) < 4.78 is 5.58. The van der Waals surface area contributed by atoms with Crippen LogP contribution in [0.25, 0.3) is 11.1 Å². The summed E-state index contributed by atoms with van der Waals surface area (Å²) in [4.78, 5) is 10.5. The Kier molecular flexibility index (Phi) is 4.72. The highest BCUT2D eigenvalue weighted by Gasteiger charge is 2.13. The lowest BCUT2D eigenvalue weighted by Gasteiger charge is -2.08. The average molecular weight is 330 g/mol. The number of nitro benzene ring substituents is 1. The molecular weight excluding hydrogens is 316 g/mol. The molecule has 0 aliphatic rings. The fourth-order valence-corrected chi connectivity index (χ4v) is 2.50. The molecule has 0 aromatic heterocycles. The Bertz CT molecular complexity index is 944. The van der Waals surface area contributed by atoms with Gasteiger partial charge >= 0.3 is 5.69 Å². The number of hydrogen-bond acceptors (Lipinski definition) is 4. The molecule has 0 unspecified atom stereocenters.